The van der Waals surface area contributed by atoms with Gasteiger partial charge in [0.25, 0.3) is 5.91 Å². The van der Waals surface area contributed by atoms with Crippen molar-refractivity contribution >= 4 is 17.5 Å². The number of nitrogens with one attached hydrogen (secondary N) is 1. The number of aryl methyl sites for hydroxylation is 2. The van der Waals surface area contributed by atoms with E-state index in [4.69, 9.17) is 0 Å². The van der Waals surface area contributed by atoms with Gasteiger partial charge in [-0.3, -0.25) is 9.59 Å². The second kappa shape index (κ2) is 6.43. The maximum absolute atomic E-state index is 12.9. The van der Waals surface area contributed by atoms with Crippen LogP contribution >= 0.6 is 0 Å². The third-order valence-corrected chi connectivity index (χ3v) is 4.14. The zero-order valence-electron chi connectivity index (χ0n) is 13.7. The van der Waals surface area contributed by atoms with Crippen molar-refractivity contribution in [3.8, 4) is 0 Å². The van der Waals surface area contributed by atoms with Gasteiger partial charge in [-0.2, -0.15) is 0 Å². The Morgan fingerprint density at radius 3 is 2.38 bits per heavy atom. The average molecular weight is 326 g/mol. The Balaban J connectivity index is 1.72. The van der Waals surface area contributed by atoms with Gasteiger partial charge in [-0.05, 0) is 67.8 Å². The maximum atomic E-state index is 12.9. The minimum atomic E-state index is -0.552. The van der Waals surface area contributed by atoms with E-state index in [9.17, 15) is 14.0 Å². The molecule has 1 unspecified atom stereocenters. The molecule has 2 amide bonds. The highest BCUT2D eigenvalue weighted by atomic mass is 19.1. The van der Waals surface area contributed by atoms with Crippen LogP contribution < -0.4 is 10.2 Å². The second-order valence-corrected chi connectivity index (χ2v) is 6.16. The molecule has 0 bridgehead atoms. The van der Waals surface area contributed by atoms with Crippen LogP contribution in [-0.4, -0.2) is 24.4 Å². The number of carbonyl (C=O) groups excluding carboxylic acids is 2. The predicted molar refractivity (Wildman–Crippen MR) is 90.5 cm³/mol. The summed E-state index contributed by atoms with van der Waals surface area (Å²) in [6.07, 6.45) is 0.554. The molecule has 1 atom stereocenters. The molecule has 0 saturated carbocycles. The Bertz CT molecular complexity index is 766. The van der Waals surface area contributed by atoms with Gasteiger partial charge in [0.15, 0.2) is 0 Å². The first-order valence-electron chi connectivity index (χ1n) is 7.90. The van der Waals surface area contributed by atoms with E-state index in [1.807, 2.05) is 26.0 Å². The van der Waals surface area contributed by atoms with Crippen molar-refractivity contribution in [2.45, 2.75) is 26.3 Å². The number of hydrogen-bond donors (Lipinski definition) is 1. The first-order chi connectivity index (χ1) is 11.4. The van der Waals surface area contributed by atoms with Crippen molar-refractivity contribution in [3.63, 3.8) is 0 Å². The van der Waals surface area contributed by atoms with Crippen LogP contribution in [0.5, 0.6) is 0 Å². The van der Waals surface area contributed by atoms with Crippen LogP contribution in [0.4, 0.5) is 10.1 Å². The van der Waals surface area contributed by atoms with Crippen molar-refractivity contribution in [1.29, 1.82) is 0 Å². The van der Waals surface area contributed by atoms with Gasteiger partial charge < -0.3 is 10.2 Å². The van der Waals surface area contributed by atoms with E-state index in [-0.39, 0.29) is 11.8 Å². The lowest BCUT2D eigenvalue weighted by Crippen LogP contribution is -2.41. The van der Waals surface area contributed by atoms with Gasteiger partial charge in [0, 0.05) is 17.8 Å². The van der Waals surface area contributed by atoms with Gasteiger partial charge in [-0.25, -0.2) is 4.39 Å². The summed E-state index contributed by atoms with van der Waals surface area (Å²) >= 11 is 0. The standard InChI is InChI=1S/C19H19FN2O2/c1-12-9-13(2)11-16(10-12)22-8-7-17(19(22)24)21-18(23)14-3-5-15(20)6-4-14/h3-6,9-11,17H,7-8H2,1-2H3,(H,21,23). The molecule has 1 saturated heterocycles. The fourth-order valence-electron chi connectivity index (χ4n) is 3.02. The topological polar surface area (TPSA) is 49.4 Å². The number of benzene rings is 2. The van der Waals surface area contributed by atoms with Crippen molar-refractivity contribution < 1.29 is 14.0 Å². The van der Waals surface area contributed by atoms with Crippen LogP contribution in [0.2, 0.25) is 0 Å². The molecule has 1 aliphatic heterocycles. The predicted octanol–water partition coefficient (Wildman–Crippen LogP) is 2.98. The Kier molecular flexibility index (Phi) is 4.34. The Labute approximate surface area is 140 Å². The average Bonchev–Trinajstić information content (AvgIpc) is 2.88. The zero-order valence-corrected chi connectivity index (χ0v) is 13.7. The molecule has 1 aliphatic rings. The summed E-state index contributed by atoms with van der Waals surface area (Å²) in [5.74, 6) is -0.879. The lowest BCUT2D eigenvalue weighted by molar-refractivity contribution is -0.118. The highest BCUT2D eigenvalue weighted by Crippen LogP contribution is 2.24. The monoisotopic (exact) mass is 326 g/mol. The molecular weight excluding hydrogens is 307 g/mol. The van der Waals surface area contributed by atoms with Crippen LogP contribution in [0.3, 0.4) is 0 Å². The zero-order chi connectivity index (χ0) is 17.3. The fourth-order valence-corrected chi connectivity index (χ4v) is 3.02. The molecule has 0 aliphatic carbocycles. The van der Waals surface area contributed by atoms with Gasteiger partial charge in [0.1, 0.15) is 11.9 Å². The molecule has 4 nitrogen and oxygen atoms in total. The lowest BCUT2D eigenvalue weighted by Gasteiger charge is -2.18. The molecule has 0 radical (unpaired) electrons. The number of hydrogen-bond acceptors (Lipinski definition) is 2. The summed E-state index contributed by atoms with van der Waals surface area (Å²) < 4.78 is 12.9. The molecule has 0 aromatic heterocycles. The second-order valence-electron chi connectivity index (χ2n) is 6.16. The number of anilines is 1. The first-order valence-corrected chi connectivity index (χ1v) is 7.90. The third kappa shape index (κ3) is 3.30. The van der Waals surface area contributed by atoms with Crippen molar-refractivity contribution in [1.82, 2.24) is 5.32 Å². The SMILES string of the molecule is Cc1cc(C)cc(N2CCC(NC(=O)c3ccc(F)cc3)C2=O)c1. The number of amides is 2. The van der Waals surface area contributed by atoms with Crippen LogP contribution in [0, 0.1) is 19.7 Å². The van der Waals surface area contributed by atoms with Crippen molar-refractivity contribution in [2.24, 2.45) is 0 Å². The van der Waals surface area contributed by atoms with E-state index in [0.29, 0.717) is 18.5 Å². The van der Waals surface area contributed by atoms with Crippen LogP contribution in [-0.2, 0) is 4.79 Å². The van der Waals surface area contributed by atoms with E-state index in [1.54, 1.807) is 4.90 Å². The van der Waals surface area contributed by atoms with E-state index >= 15 is 0 Å². The molecule has 1 N–H and O–H groups in total. The summed E-state index contributed by atoms with van der Waals surface area (Å²) in [7, 11) is 0. The van der Waals surface area contributed by atoms with Gasteiger partial charge >= 0.3 is 0 Å². The van der Waals surface area contributed by atoms with E-state index in [2.05, 4.69) is 11.4 Å². The van der Waals surface area contributed by atoms with Crippen molar-refractivity contribution in [3.05, 3.63) is 65.0 Å². The Hall–Kier alpha value is -2.69. The number of carbonyl (C=O) groups is 2. The molecule has 0 spiro atoms. The molecule has 5 heteroatoms. The van der Waals surface area contributed by atoms with Gasteiger partial charge in [-0.15, -0.1) is 0 Å². The highest BCUT2D eigenvalue weighted by Gasteiger charge is 2.33. The summed E-state index contributed by atoms with van der Waals surface area (Å²) in [5.41, 5.74) is 3.39. The molecule has 24 heavy (non-hydrogen) atoms. The summed E-state index contributed by atoms with van der Waals surface area (Å²) in [5, 5.41) is 2.74. The molecule has 124 valence electrons. The van der Waals surface area contributed by atoms with E-state index in [1.165, 1.54) is 24.3 Å². The quantitative estimate of drug-likeness (QED) is 0.943. The van der Waals surface area contributed by atoms with Gasteiger partial charge in [-0.1, -0.05) is 6.07 Å². The fraction of sp³-hybridized carbons (Fsp3) is 0.263. The Morgan fingerprint density at radius 1 is 1.12 bits per heavy atom. The summed E-state index contributed by atoms with van der Waals surface area (Å²) in [4.78, 5) is 26.5. The van der Waals surface area contributed by atoms with Crippen molar-refractivity contribution in [2.75, 3.05) is 11.4 Å². The molecule has 1 fully saturated rings. The van der Waals surface area contributed by atoms with Gasteiger partial charge in [0.05, 0.1) is 0 Å². The first kappa shape index (κ1) is 16.2. The van der Waals surface area contributed by atoms with Crippen LogP contribution in [0.25, 0.3) is 0 Å². The number of nitrogens with zero attached hydrogens (tertiary/aromatic N) is 1. The Morgan fingerprint density at radius 2 is 1.75 bits per heavy atom. The third-order valence-electron chi connectivity index (χ3n) is 4.14. The maximum Gasteiger partial charge on any atom is 0.251 e. The molecular formula is C19H19FN2O2. The largest absolute Gasteiger partial charge is 0.340 e. The molecule has 1 heterocycles. The molecule has 3 rings (SSSR count). The minimum absolute atomic E-state index is 0.115. The smallest absolute Gasteiger partial charge is 0.251 e. The number of halogens is 1. The normalized spacial score (nSPS) is 17.2. The van der Waals surface area contributed by atoms with Crippen LogP contribution in [0.15, 0.2) is 42.5 Å². The van der Waals surface area contributed by atoms with E-state index in [0.717, 1.165) is 16.8 Å². The minimum Gasteiger partial charge on any atom is -0.340 e. The van der Waals surface area contributed by atoms with Gasteiger partial charge in [0.2, 0.25) is 5.91 Å². The molecule has 2 aromatic carbocycles. The summed E-state index contributed by atoms with van der Waals surface area (Å²) in [6.45, 7) is 4.55. The molecule has 2 aromatic rings. The van der Waals surface area contributed by atoms with E-state index < -0.39 is 11.9 Å². The number of rotatable bonds is 3. The highest BCUT2D eigenvalue weighted by molar-refractivity contribution is 6.04. The lowest BCUT2D eigenvalue weighted by atomic mass is 10.1. The van der Waals surface area contributed by atoms with Crippen LogP contribution in [0.1, 0.15) is 27.9 Å². The summed E-state index contributed by atoms with van der Waals surface area (Å²) in [6, 6.07) is 10.7.